The van der Waals surface area contributed by atoms with Crippen LogP contribution in [0.2, 0.25) is 0 Å². The molecule has 0 aromatic rings. The number of hydrogen-bond donors (Lipinski definition) is 1. The largest absolute Gasteiger partial charge is 1.00 e. The van der Waals surface area contributed by atoms with Crippen molar-refractivity contribution in [2.45, 2.75) is 6.42 Å². The van der Waals surface area contributed by atoms with Crippen LogP contribution in [0.25, 0.3) is 0 Å². The molecule has 0 aliphatic heterocycles. The van der Waals surface area contributed by atoms with E-state index in [0.717, 1.165) is 6.29 Å². The molecule has 0 heterocycles. The zero-order chi connectivity index (χ0) is 4.12. The van der Waals surface area contributed by atoms with Gasteiger partial charge in [0.15, 0.2) is 0 Å². The van der Waals surface area contributed by atoms with Crippen LogP contribution in [0.5, 0.6) is 0 Å². The zero-order valence-electron chi connectivity index (χ0n) is 4.85. The molecule has 0 amide bonds. The Kier molecular flexibility index (Phi) is 17.4. The van der Waals surface area contributed by atoms with Gasteiger partial charge in [0, 0.05) is 6.42 Å². The predicted molar refractivity (Wildman–Crippen MR) is 25.6 cm³/mol. The fraction of sp³-hybridized carbons (Fsp3) is 0.667. The van der Waals surface area contributed by atoms with E-state index in [4.69, 9.17) is 0 Å². The minimum Gasteiger partial charge on any atom is -1.00 e. The Morgan fingerprint density at radius 1 is 1.83 bits per heavy atom. The Morgan fingerprint density at radius 3 is 2.33 bits per heavy atom. The Bertz CT molecular complexity index is 36.1. The average molecular weight is 130 g/mol. The van der Waals surface area contributed by atoms with E-state index in [-0.39, 0.29) is 52.8 Å². The van der Waals surface area contributed by atoms with Crippen LogP contribution in [0.3, 0.4) is 0 Å². The monoisotopic (exact) mass is 130 g/mol. The van der Waals surface area contributed by atoms with Gasteiger partial charge in [-0.3, -0.25) is 0 Å². The third kappa shape index (κ3) is 9.17. The first-order chi connectivity index (χ1) is 2.41. The predicted octanol–water partition coefficient (Wildman–Crippen LogP) is -2.38. The number of thiol groups is 1. The molecule has 0 atom stereocenters. The smallest absolute Gasteiger partial charge is 1.00 e. The van der Waals surface area contributed by atoms with Crippen molar-refractivity contribution in [3.05, 3.63) is 0 Å². The summed E-state index contributed by atoms with van der Waals surface area (Å²) in [5.74, 6) is 0.670. The molecule has 0 N–H and O–H groups in total. The van der Waals surface area contributed by atoms with Crippen molar-refractivity contribution >= 4 is 18.9 Å². The van der Waals surface area contributed by atoms with E-state index in [9.17, 15) is 4.79 Å². The molecule has 0 rings (SSSR count). The van der Waals surface area contributed by atoms with E-state index < -0.39 is 0 Å². The van der Waals surface area contributed by atoms with Gasteiger partial charge in [-0.15, -0.1) is 0 Å². The average Bonchev–Trinajstić information content (AvgIpc) is 1.41. The second kappa shape index (κ2) is 9.82. The summed E-state index contributed by atoms with van der Waals surface area (Å²) in [6.07, 6.45) is 1.43. The van der Waals surface area contributed by atoms with E-state index in [2.05, 4.69) is 12.6 Å². The van der Waals surface area contributed by atoms with Crippen molar-refractivity contribution in [1.82, 2.24) is 0 Å². The van der Waals surface area contributed by atoms with Crippen molar-refractivity contribution in [1.29, 1.82) is 0 Å². The summed E-state index contributed by atoms with van der Waals surface area (Å²) < 4.78 is 0. The van der Waals surface area contributed by atoms with Crippen molar-refractivity contribution in [3.63, 3.8) is 0 Å². The van der Waals surface area contributed by atoms with E-state index in [1.54, 1.807) is 0 Å². The van der Waals surface area contributed by atoms with Gasteiger partial charge in [0.2, 0.25) is 0 Å². The first-order valence-electron chi connectivity index (χ1n) is 1.46. The van der Waals surface area contributed by atoms with Crippen molar-refractivity contribution in [2.75, 3.05) is 5.75 Å². The summed E-state index contributed by atoms with van der Waals surface area (Å²) in [5.41, 5.74) is 0. The molecule has 0 spiro atoms. The van der Waals surface area contributed by atoms with Gasteiger partial charge in [-0.2, -0.15) is 12.6 Å². The van der Waals surface area contributed by atoms with Crippen molar-refractivity contribution in [2.24, 2.45) is 0 Å². The number of hydrogen-bond acceptors (Lipinski definition) is 2. The van der Waals surface area contributed by atoms with Crippen molar-refractivity contribution < 1.29 is 57.6 Å². The summed E-state index contributed by atoms with van der Waals surface area (Å²) >= 11 is 3.77. The topological polar surface area (TPSA) is 17.1 Å². The molecule has 0 radical (unpaired) electrons. The number of carbonyl (C=O) groups is 1. The molecule has 32 valence electrons. The first-order valence-corrected chi connectivity index (χ1v) is 2.09. The fourth-order valence-electron chi connectivity index (χ4n) is 0.0527. The molecule has 0 aliphatic carbocycles. The Morgan fingerprint density at radius 2 is 2.33 bits per heavy atom. The first kappa shape index (κ1) is 10.6. The maximum absolute atomic E-state index is 9.36. The van der Waals surface area contributed by atoms with Gasteiger partial charge in [-0.1, -0.05) is 0 Å². The molecule has 6 heavy (non-hydrogen) atoms. The Hall–Kier alpha value is 1.66. The number of rotatable bonds is 2. The van der Waals surface area contributed by atoms with E-state index in [0.29, 0.717) is 12.2 Å². The van der Waals surface area contributed by atoms with Gasteiger partial charge in [0.25, 0.3) is 0 Å². The maximum atomic E-state index is 9.36. The molecular weight excluding hydrogens is 123 g/mol. The van der Waals surface area contributed by atoms with Crippen LogP contribution in [-0.4, -0.2) is 12.0 Å². The van der Waals surface area contributed by atoms with Gasteiger partial charge >= 0.3 is 51.4 Å². The standard InChI is InChI=1S/C3H6OS.K.H/c4-2-1-3-5;;/h2,5H,1,3H2;;/q;+1;-1. The van der Waals surface area contributed by atoms with Crippen LogP contribution in [0.15, 0.2) is 0 Å². The minimum absolute atomic E-state index is 0. The molecule has 0 saturated carbocycles. The normalized spacial score (nSPS) is 6.17. The molecule has 0 bridgehead atoms. The van der Waals surface area contributed by atoms with Crippen LogP contribution in [0.1, 0.15) is 7.85 Å². The second-order valence-electron chi connectivity index (χ2n) is 0.679. The Balaban J connectivity index is -0.0000000800. The maximum Gasteiger partial charge on any atom is 1.00 e. The van der Waals surface area contributed by atoms with Gasteiger partial charge in [0.05, 0.1) is 0 Å². The van der Waals surface area contributed by atoms with Crippen molar-refractivity contribution in [3.8, 4) is 0 Å². The molecule has 0 unspecified atom stereocenters. The van der Waals surface area contributed by atoms with Crippen LogP contribution in [-0.2, 0) is 4.79 Å². The molecule has 0 aromatic heterocycles. The zero-order valence-corrected chi connectivity index (χ0v) is 7.86. The van der Waals surface area contributed by atoms with Crippen LogP contribution in [0.4, 0.5) is 0 Å². The van der Waals surface area contributed by atoms with E-state index >= 15 is 0 Å². The third-order valence-corrected chi connectivity index (χ3v) is 0.505. The summed E-state index contributed by atoms with van der Waals surface area (Å²) in [4.78, 5) is 9.36. The molecule has 0 saturated heterocycles. The molecule has 0 aromatic carbocycles. The van der Waals surface area contributed by atoms with Crippen LogP contribution >= 0.6 is 12.6 Å². The summed E-state index contributed by atoms with van der Waals surface area (Å²) in [6, 6.07) is 0. The third-order valence-electron chi connectivity index (χ3n) is 0.247. The quantitative estimate of drug-likeness (QED) is 0.251. The van der Waals surface area contributed by atoms with E-state index in [1.165, 1.54) is 0 Å². The van der Waals surface area contributed by atoms with Crippen LogP contribution in [0, 0.1) is 0 Å². The van der Waals surface area contributed by atoms with Gasteiger partial charge in [0.1, 0.15) is 6.29 Å². The second-order valence-corrected chi connectivity index (χ2v) is 1.13. The number of carbonyl (C=O) groups excluding carboxylic acids is 1. The summed E-state index contributed by atoms with van der Waals surface area (Å²) in [6.45, 7) is 0. The molecule has 3 heteroatoms. The van der Waals surface area contributed by atoms with Crippen LogP contribution < -0.4 is 51.4 Å². The summed E-state index contributed by atoms with van der Waals surface area (Å²) in [7, 11) is 0. The number of aldehydes is 1. The van der Waals surface area contributed by atoms with Gasteiger partial charge < -0.3 is 6.22 Å². The van der Waals surface area contributed by atoms with Gasteiger partial charge in [-0.25, -0.2) is 0 Å². The Labute approximate surface area is 87.2 Å². The summed E-state index contributed by atoms with van der Waals surface area (Å²) in [5, 5.41) is 0. The SMILES string of the molecule is O=CCCS.[H-].[K+]. The molecular formula is C3H7KOS. The van der Waals surface area contributed by atoms with Gasteiger partial charge in [-0.05, 0) is 5.75 Å². The molecule has 0 aliphatic rings. The molecule has 1 nitrogen and oxygen atoms in total. The van der Waals surface area contributed by atoms with E-state index in [1.807, 2.05) is 0 Å². The molecule has 0 fully saturated rings. The fourth-order valence-corrected chi connectivity index (χ4v) is 0.158. The minimum atomic E-state index is 0.